The molecule has 0 saturated carbocycles. The van der Waals surface area contributed by atoms with Crippen LogP contribution in [0.4, 0.5) is 5.69 Å². The number of H-pyrrole nitrogens is 1. The predicted octanol–water partition coefficient (Wildman–Crippen LogP) is 4.50. The minimum Gasteiger partial charge on any atom is -0.384 e. The Morgan fingerprint density at radius 2 is 1.75 bits per heavy atom. The highest BCUT2D eigenvalue weighted by atomic mass is 35.5. The lowest BCUT2D eigenvalue weighted by molar-refractivity contribution is 1.02. The van der Waals surface area contributed by atoms with Crippen LogP contribution >= 0.6 is 12.4 Å². The first-order valence-corrected chi connectivity index (χ1v) is 7.84. The number of aromatic nitrogens is 3. The Labute approximate surface area is 146 Å². The van der Waals surface area contributed by atoms with Crippen molar-refractivity contribution in [2.75, 3.05) is 11.9 Å². The number of benzene rings is 2. The third-order valence-electron chi connectivity index (χ3n) is 4.14. The number of fused-ring (bicyclic) bond motifs is 2. The molecule has 0 aliphatic heterocycles. The SMILES string of the molecule is Cc1[nH]nc2nc3ccccc3c(NCCc3ccccc3)c12.Cl. The molecule has 5 heteroatoms. The fraction of sp³-hybridized carbons (Fsp3) is 0.158. The lowest BCUT2D eigenvalue weighted by Gasteiger charge is -2.11. The molecule has 122 valence electrons. The second kappa shape index (κ2) is 6.89. The van der Waals surface area contributed by atoms with E-state index in [1.807, 2.05) is 31.2 Å². The molecule has 0 bridgehead atoms. The van der Waals surface area contributed by atoms with Gasteiger partial charge in [-0.25, -0.2) is 4.98 Å². The maximum absolute atomic E-state index is 4.64. The number of aromatic amines is 1. The first kappa shape index (κ1) is 16.3. The summed E-state index contributed by atoms with van der Waals surface area (Å²) in [4.78, 5) is 4.64. The second-order valence-electron chi connectivity index (χ2n) is 5.71. The minimum absolute atomic E-state index is 0. The van der Waals surface area contributed by atoms with Crippen LogP contribution in [-0.2, 0) is 6.42 Å². The molecule has 2 N–H and O–H groups in total. The lowest BCUT2D eigenvalue weighted by Crippen LogP contribution is -2.06. The van der Waals surface area contributed by atoms with Crippen molar-refractivity contribution >= 4 is 40.0 Å². The Hall–Kier alpha value is -2.59. The van der Waals surface area contributed by atoms with Gasteiger partial charge in [-0.2, -0.15) is 5.10 Å². The predicted molar refractivity (Wildman–Crippen MR) is 102 cm³/mol. The van der Waals surface area contributed by atoms with E-state index in [9.17, 15) is 0 Å². The normalized spacial score (nSPS) is 10.7. The summed E-state index contributed by atoms with van der Waals surface area (Å²) in [5, 5.41) is 13.2. The van der Waals surface area contributed by atoms with Crippen molar-refractivity contribution in [2.45, 2.75) is 13.3 Å². The van der Waals surface area contributed by atoms with Crippen molar-refractivity contribution in [3.8, 4) is 0 Å². The monoisotopic (exact) mass is 338 g/mol. The molecular formula is C19H19ClN4. The minimum atomic E-state index is 0. The number of nitrogens with zero attached hydrogens (tertiary/aromatic N) is 2. The number of rotatable bonds is 4. The van der Waals surface area contributed by atoms with Gasteiger partial charge in [0.1, 0.15) is 0 Å². The van der Waals surface area contributed by atoms with Crippen molar-refractivity contribution in [1.82, 2.24) is 15.2 Å². The van der Waals surface area contributed by atoms with Gasteiger partial charge in [-0.15, -0.1) is 12.4 Å². The largest absolute Gasteiger partial charge is 0.384 e. The highest BCUT2D eigenvalue weighted by molar-refractivity contribution is 6.07. The molecule has 24 heavy (non-hydrogen) atoms. The van der Waals surface area contributed by atoms with E-state index in [-0.39, 0.29) is 12.4 Å². The number of aryl methyl sites for hydroxylation is 1. The molecule has 2 aromatic heterocycles. The van der Waals surface area contributed by atoms with Gasteiger partial charge in [-0.1, -0.05) is 48.5 Å². The van der Waals surface area contributed by atoms with Crippen LogP contribution in [0.2, 0.25) is 0 Å². The molecule has 4 rings (SSSR count). The van der Waals surface area contributed by atoms with Crippen LogP contribution in [0.15, 0.2) is 54.6 Å². The van der Waals surface area contributed by atoms with Crippen LogP contribution in [0.5, 0.6) is 0 Å². The molecule has 0 fully saturated rings. The maximum Gasteiger partial charge on any atom is 0.183 e. The van der Waals surface area contributed by atoms with Gasteiger partial charge in [-0.3, -0.25) is 5.10 Å². The van der Waals surface area contributed by atoms with Gasteiger partial charge < -0.3 is 5.32 Å². The van der Waals surface area contributed by atoms with Crippen molar-refractivity contribution < 1.29 is 0 Å². The summed E-state index contributed by atoms with van der Waals surface area (Å²) >= 11 is 0. The Morgan fingerprint density at radius 3 is 2.58 bits per heavy atom. The number of para-hydroxylation sites is 1. The topological polar surface area (TPSA) is 53.6 Å². The highest BCUT2D eigenvalue weighted by Gasteiger charge is 2.13. The first-order chi connectivity index (χ1) is 11.3. The Morgan fingerprint density at radius 1 is 1.00 bits per heavy atom. The van der Waals surface area contributed by atoms with Crippen molar-refractivity contribution in [3.63, 3.8) is 0 Å². The molecule has 0 aliphatic rings. The molecule has 0 atom stereocenters. The third-order valence-corrected chi connectivity index (χ3v) is 4.14. The van der Waals surface area contributed by atoms with Crippen LogP contribution in [-0.4, -0.2) is 21.7 Å². The summed E-state index contributed by atoms with van der Waals surface area (Å²) in [6, 6.07) is 18.7. The van der Waals surface area contributed by atoms with E-state index in [4.69, 9.17) is 0 Å². The molecule has 2 heterocycles. The van der Waals surface area contributed by atoms with Crippen molar-refractivity contribution in [2.24, 2.45) is 0 Å². The van der Waals surface area contributed by atoms with Crippen LogP contribution in [0, 0.1) is 6.92 Å². The highest BCUT2D eigenvalue weighted by Crippen LogP contribution is 2.31. The molecule has 0 spiro atoms. The Balaban J connectivity index is 0.00000169. The summed E-state index contributed by atoms with van der Waals surface area (Å²) in [6.45, 7) is 2.91. The van der Waals surface area contributed by atoms with E-state index in [2.05, 4.69) is 50.8 Å². The molecule has 0 saturated heterocycles. The Bertz CT molecular complexity index is 963. The van der Waals surface area contributed by atoms with E-state index < -0.39 is 0 Å². The average molecular weight is 339 g/mol. The number of hydrogen-bond donors (Lipinski definition) is 2. The number of hydrogen-bond acceptors (Lipinski definition) is 3. The molecule has 0 unspecified atom stereocenters. The summed E-state index contributed by atoms with van der Waals surface area (Å²) in [6.07, 6.45) is 0.982. The van der Waals surface area contributed by atoms with Crippen LogP contribution in [0.3, 0.4) is 0 Å². The smallest absolute Gasteiger partial charge is 0.183 e. The standard InChI is InChI=1S/C19H18N4.ClH/c1-13-17-18(20-12-11-14-7-3-2-4-8-14)15-9-5-6-10-16(15)21-19(17)23-22-13;/h2-10H,11-12H2,1H3,(H2,20,21,22,23);1H. The van der Waals surface area contributed by atoms with E-state index in [0.29, 0.717) is 0 Å². The fourth-order valence-corrected chi connectivity index (χ4v) is 2.99. The molecule has 4 nitrogen and oxygen atoms in total. The number of halogens is 1. The zero-order valence-corrected chi connectivity index (χ0v) is 14.2. The third kappa shape index (κ3) is 2.93. The summed E-state index contributed by atoms with van der Waals surface area (Å²) in [5.74, 6) is 0. The number of anilines is 1. The van der Waals surface area contributed by atoms with E-state index in [1.54, 1.807) is 0 Å². The fourth-order valence-electron chi connectivity index (χ4n) is 2.99. The molecule has 0 aliphatic carbocycles. The molecule has 2 aromatic carbocycles. The van der Waals surface area contributed by atoms with E-state index >= 15 is 0 Å². The molecular weight excluding hydrogens is 320 g/mol. The van der Waals surface area contributed by atoms with Gasteiger partial charge in [0.05, 0.1) is 16.6 Å². The molecule has 4 aromatic rings. The zero-order valence-electron chi connectivity index (χ0n) is 13.4. The lowest BCUT2D eigenvalue weighted by atomic mass is 10.1. The van der Waals surface area contributed by atoms with Gasteiger partial charge in [0.15, 0.2) is 5.65 Å². The quantitative estimate of drug-likeness (QED) is 0.576. The van der Waals surface area contributed by atoms with Crippen LogP contribution in [0.25, 0.3) is 21.9 Å². The van der Waals surface area contributed by atoms with Gasteiger partial charge >= 0.3 is 0 Å². The average Bonchev–Trinajstić information content (AvgIpc) is 2.96. The summed E-state index contributed by atoms with van der Waals surface area (Å²) in [7, 11) is 0. The molecule has 0 radical (unpaired) electrons. The van der Waals surface area contributed by atoms with E-state index in [1.165, 1.54) is 5.56 Å². The van der Waals surface area contributed by atoms with Crippen molar-refractivity contribution in [1.29, 1.82) is 0 Å². The Kier molecular flexibility index (Phi) is 4.67. The van der Waals surface area contributed by atoms with Crippen LogP contribution in [0.1, 0.15) is 11.3 Å². The van der Waals surface area contributed by atoms with Gasteiger partial charge in [0.25, 0.3) is 0 Å². The van der Waals surface area contributed by atoms with Gasteiger partial charge in [0, 0.05) is 17.6 Å². The van der Waals surface area contributed by atoms with E-state index in [0.717, 1.165) is 46.3 Å². The van der Waals surface area contributed by atoms with Gasteiger partial charge in [0.2, 0.25) is 0 Å². The number of pyridine rings is 1. The van der Waals surface area contributed by atoms with Crippen molar-refractivity contribution in [3.05, 3.63) is 65.9 Å². The van der Waals surface area contributed by atoms with Crippen LogP contribution < -0.4 is 5.32 Å². The molecule has 0 amide bonds. The number of nitrogens with one attached hydrogen (secondary N) is 2. The zero-order chi connectivity index (χ0) is 15.6. The first-order valence-electron chi connectivity index (χ1n) is 7.84. The maximum atomic E-state index is 4.64. The summed E-state index contributed by atoms with van der Waals surface area (Å²) < 4.78 is 0. The second-order valence-corrected chi connectivity index (χ2v) is 5.71. The summed E-state index contributed by atoms with van der Waals surface area (Å²) in [5.41, 5.74) is 5.23. The van der Waals surface area contributed by atoms with Gasteiger partial charge in [-0.05, 0) is 25.0 Å².